The SMILES string of the molecule is OC1CC(c2cc(F)ccc2F)N(Cc2ccn[nH]2)C1. The number of aromatic amines is 1. The molecule has 2 atom stereocenters. The molecule has 1 aliphatic rings. The average Bonchev–Trinajstić information content (AvgIpc) is 3.03. The molecule has 4 nitrogen and oxygen atoms in total. The summed E-state index contributed by atoms with van der Waals surface area (Å²) in [5, 5.41) is 16.5. The van der Waals surface area contributed by atoms with E-state index in [2.05, 4.69) is 10.2 Å². The number of H-pyrrole nitrogens is 1. The Morgan fingerprint density at radius 2 is 2.20 bits per heavy atom. The molecule has 3 rings (SSSR count). The first-order valence-electron chi connectivity index (χ1n) is 6.49. The quantitative estimate of drug-likeness (QED) is 0.903. The van der Waals surface area contributed by atoms with Crippen LogP contribution in [0.1, 0.15) is 23.7 Å². The van der Waals surface area contributed by atoms with Crippen LogP contribution in [0.4, 0.5) is 8.78 Å². The lowest BCUT2D eigenvalue weighted by Gasteiger charge is -2.24. The number of aliphatic hydroxyl groups excluding tert-OH is 1. The van der Waals surface area contributed by atoms with E-state index in [1.807, 2.05) is 11.0 Å². The summed E-state index contributed by atoms with van der Waals surface area (Å²) in [5.41, 5.74) is 1.17. The molecule has 0 radical (unpaired) electrons. The molecular formula is C14H15F2N3O. The zero-order valence-corrected chi connectivity index (χ0v) is 10.8. The minimum absolute atomic E-state index is 0.293. The third-order valence-electron chi connectivity index (χ3n) is 3.63. The van der Waals surface area contributed by atoms with Crippen molar-refractivity contribution in [1.82, 2.24) is 15.1 Å². The molecule has 2 heterocycles. The molecule has 1 aromatic heterocycles. The monoisotopic (exact) mass is 279 g/mol. The summed E-state index contributed by atoms with van der Waals surface area (Å²) in [6.45, 7) is 0.942. The smallest absolute Gasteiger partial charge is 0.128 e. The maximum atomic E-state index is 13.9. The number of likely N-dealkylation sites (tertiary alicyclic amines) is 1. The molecule has 106 valence electrons. The lowest BCUT2D eigenvalue weighted by atomic mass is 10.0. The number of benzene rings is 1. The van der Waals surface area contributed by atoms with Crippen LogP contribution in [-0.2, 0) is 6.54 Å². The highest BCUT2D eigenvalue weighted by Crippen LogP contribution is 2.34. The van der Waals surface area contributed by atoms with E-state index < -0.39 is 17.7 Å². The fraction of sp³-hybridized carbons (Fsp3) is 0.357. The molecule has 2 N–H and O–H groups in total. The summed E-state index contributed by atoms with van der Waals surface area (Å²) in [6, 6.07) is 4.93. The van der Waals surface area contributed by atoms with Crippen molar-refractivity contribution in [2.45, 2.75) is 25.1 Å². The predicted octanol–water partition coefficient (Wildman–Crippen LogP) is 2.00. The zero-order valence-electron chi connectivity index (χ0n) is 10.8. The Morgan fingerprint density at radius 1 is 1.35 bits per heavy atom. The van der Waals surface area contributed by atoms with Crippen LogP contribution in [0, 0.1) is 11.6 Å². The van der Waals surface area contributed by atoms with Gasteiger partial charge in [-0.05, 0) is 30.7 Å². The summed E-state index contributed by atoms with van der Waals surface area (Å²) < 4.78 is 27.2. The maximum Gasteiger partial charge on any atom is 0.128 e. The Morgan fingerprint density at radius 3 is 2.95 bits per heavy atom. The largest absolute Gasteiger partial charge is 0.392 e. The molecule has 1 fully saturated rings. The summed E-state index contributed by atoms with van der Waals surface area (Å²) in [5.74, 6) is -0.913. The normalized spacial score (nSPS) is 23.4. The van der Waals surface area contributed by atoms with Gasteiger partial charge in [-0.1, -0.05) is 0 Å². The van der Waals surface area contributed by atoms with Crippen LogP contribution >= 0.6 is 0 Å². The highest BCUT2D eigenvalue weighted by molar-refractivity contribution is 5.24. The van der Waals surface area contributed by atoms with Crippen LogP contribution in [0.25, 0.3) is 0 Å². The van der Waals surface area contributed by atoms with Crippen molar-refractivity contribution in [3.8, 4) is 0 Å². The number of hydrogen-bond donors (Lipinski definition) is 2. The van der Waals surface area contributed by atoms with Gasteiger partial charge in [0.05, 0.1) is 6.10 Å². The first kappa shape index (κ1) is 13.2. The Labute approximate surface area is 115 Å². The molecule has 0 bridgehead atoms. The highest BCUT2D eigenvalue weighted by atomic mass is 19.1. The number of rotatable bonds is 3. The second kappa shape index (κ2) is 5.30. The lowest BCUT2D eigenvalue weighted by Crippen LogP contribution is -2.25. The summed E-state index contributed by atoms with van der Waals surface area (Å²) in [6.07, 6.45) is 1.50. The van der Waals surface area contributed by atoms with Crippen LogP contribution < -0.4 is 0 Å². The molecule has 0 spiro atoms. The van der Waals surface area contributed by atoms with Gasteiger partial charge in [-0.3, -0.25) is 10.00 Å². The van der Waals surface area contributed by atoms with Gasteiger partial charge in [0.2, 0.25) is 0 Å². The van der Waals surface area contributed by atoms with Crippen molar-refractivity contribution in [3.05, 3.63) is 53.4 Å². The highest BCUT2D eigenvalue weighted by Gasteiger charge is 2.33. The first-order chi connectivity index (χ1) is 9.63. The molecule has 2 unspecified atom stereocenters. The van der Waals surface area contributed by atoms with E-state index in [1.54, 1.807) is 6.20 Å². The van der Waals surface area contributed by atoms with Crippen molar-refractivity contribution in [2.24, 2.45) is 0 Å². The topological polar surface area (TPSA) is 52.1 Å². The van der Waals surface area contributed by atoms with Crippen LogP contribution in [0.2, 0.25) is 0 Å². The third kappa shape index (κ3) is 2.57. The van der Waals surface area contributed by atoms with Crippen molar-refractivity contribution in [2.75, 3.05) is 6.54 Å². The maximum absolute atomic E-state index is 13.9. The third-order valence-corrected chi connectivity index (χ3v) is 3.63. The summed E-state index contributed by atoms with van der Waals surface area (Å²) in [4.78, 5) is 1.93. The molecule has 0 saturated carbocycles. The van der Waals surface area contributed by atoms with Gasteiger partial charge in [-0.2, -0.15) is 5.10 Å². The number of aliphatic hydroxyl groups is 1. The molecule has 1 saturated heterocycles. The Bertz CT molecular complexity index is 588. The molecule has 20 heavy (non-hydrogen) atoms. The summed E-state index contributed by atoms with van der Waals surface area (Å²) in [7, 11) is 0. The number of nitrogens with zero attached hydrogens (tertiary/aromatic N) is 2. The van der Waals surface area contributed by atoms with Gasteiger partial charge in [-0.25, -0.2) is 8.78 Å². The van der Waals surface area contributed by atoms with Gasteiger partial charge >= 0.3 is 0 Å². The van der Waals surface area contributed by atoms with E-state index in [0.717, 1.165) is 17.8 Å². The first-order valence-corrected chi connectivity index (χ1v) is 6.49. The van der Waals surface area contributed by atoms with Gasteiger partial charge in [0.1, 0.15) is 11.6 Å². The Kier molecular flexibility index (Phi) is 3.50. The number of β-amino-alcohol motifs (C(OH)–C–C–N with tert-alkyl or cyclic N) is 1. The molecule has 1 aromatic carbocycles. The van der Waals surface area contributed by atoms with E-state index in [0.29, 0.717) is 25.1 Å². The lowest BCUT2D eigenvalue weighted by molar-refractivity contribution is 0.172. The van der Waals surface area contributed by atoms with Crippen molar-refractivity contribution in [3.63, 3.8) is 0 Å². The summed E-state index contributed by atoms with van der Waals surface area (Å²) >= 11 is 0. The van der Waals surface area contributed by atoms with Crippen LogP contribution in [0.5, 0.6) is 0 Å². The van der Waals surface area contributed by atoms with Crippen molar-refractivity contribution in [1.29, 1.82) is 0 Å². The fourth-order valence-corrected chi connectivity index (χ4v) is 2.74. The molecular weight excluding hydrogens is 264 g/mol. The predicted molar refractivity (Wildman–Crippen MR) is 68.7 cm³/mol. The van der Waals surface area contributed by atoms with Gasteiger partial charge in [0.25, 0.3) is 0 Å². The van der Waals surface area contributed by atoms with Crippen molar-refractivity contribution < 1.29 is 13.9 Å². The minimum Gasteiger partial charge on any atom is -0.392 e. The van der Waals surface area contributed by atoms with Crippen molar-refractivity contribution >= 4 is 0 Å². The fourth-order valence-electron chi connectivity index (χ4n) is 2.74. The number of aromatic nitrogens is 2. The van der Waals surface area contributed by atoms with E-state index in [1.165, 1.54) is 6.07 Å². The van der Waals surface area contributed by atoms with E-state index >= 15 is 0 Å². The minimum atomic E-state index is -0.536. The molecule has 1 aliphatic heterocycles. The standard InChI is InChI=1S/C14H15F2N3O/c15-9-1-2-13(16)12(5-9)14-6-11(20)8-19(14)7-10-3-4-17-18-10/h1-5,11,14,20H,6-8H2,(H,17,18). The van der Waals surface area contributed by atoms with Gasteiger partial charge in [0.15, 0.2) is 0 Å². The molecule has 6 heteroatoms. The van der Waals surface area contributed by atoms with Crippen LogP contribution in [-0.4, -0.2) is 32.9 Å². The van der Waals surface area contributed by atoms with Gasteiger partial charge in [-0.15, -0.1) is 0 Å². The number of nitrogens with one attached hydrogen (secondary N) is 1. The molecule has 0 aliphatic carbocycles. The van der Waals surface area contributed by atoms with E-state index in [9.17, 15) is 13.9 Å². The Hall–Kier alpha value is -1.79. The molecule has 0 amide bonds. The van der Waals surface area contributed by atoms with E-state index in [4.69, 9.17) is 0 Å². The molecule has 2 aromatic rings. The average molecular weight is 279 g/mol. The second-order valence-corrected chi connectivity index (χ2v) is 5.08. The van der Waals surface area contributed by atoms with E-state index in [-0.39, 0.29) is 6.04 Å². The second-order valence-electron chi connectivity index (χ2n) is 5.08. The zero-order chi connectivity index (χ0) is 14.1. The van der Waals surface area contributed by atoms with Gasteiger partial charge in [0, 0.05) is 36.6 Å². The Balaban J connectivity index is 1.87. The van der Waals surface area contributed by atoms with Gasteiger partial charge < -0.3 is 5.11 Å². The van der Waals surface area contributed by atoms with Crippen LogP contribution in [0.3, 0.4) is 0 Å². The number of halogens is 2. The number of hydrogen-bond acceptors (Lipinski definition) is 3. The van der Waals surface area contributed by atoms with Crippen LogP contribution in [0.15, 0.2) is 30.5 Å².